The SMILES string of the molecule is COC(=O)c1ccc(Cl)c(Nc2nccc(NC3CCS(=O)(=O)C3)n2)c1. The Morgan fingerprint density at radius 3 is 2.85 bits per heavy atom. The van der Waals surface area contributed by atoms with Gasteiger partial charge in [0.2, 0.25) is 5.95 Å². The zero-order valence-electron chi connectivity index (χ0n) is 13.9. The summed E-state index contributed by atoms with van der Waals surface area (Å²) in [7, 11) is -1.68. The highest BCUT2D eigenvalue weighted by Crippen LogP contribution is 2.26. The Labute approximate surface area is 155 Å². The molecule has 0 radical (unpaired) electrons. The summed E-state index contributed by atoms with van der Waals surface area (Å²) in [6, 6.07) is 6.15. The number of hydrogen-bond acceptors (Lipinski definition) is 8. The Morgan fingerprint density at radius 2 is 2.15 bits per heavy atom. The quantitative estimate of drug-likeness (QED) is 0.740. The molecule has 1 aliphatic heterocycles. The molecule has 138 valence electrons. The lowest BCUT2D eigenvalue weighted by molar-refractivity contribution is 0.0601. The minimum atomic E-state index is -2.98. The molecule has 1 saturated heterocycles. The number of carbonyl (C=O) groups excluding carboxylic acids is 1. The van der Waals surface area contributed by atoms with Crippen LogP contribution in [0.2, 0.25) is 5.02 Å². The van der Waals surface area contributed by atoms with Crippen molar-refractivity contribution in [1.82, 2.24) is 9.97 Å². The summed E-state index contributed by atoms with van der Waals surface area (Å²) in [5.74, 6) is 0.553. The van der Waals surface area contributed by atoms with Gasteiger partial charge in [-0.25, -0.2) is 18.2 Å². The Hall–Kier alpha value is -2.39. The van der Waals surface area contributed by atoms with E-state index in [2.05, 4.69) is 20.6 Å². The van der Waals surface area contributed by atoms with Crippen molar-refractivity contribution in [3.63, 3.8) is 0 Å². The molecule has 1 unspecified atom stereocenters. The smallest absolute Gasteiger partial charge is 0.337 e. The van der Waals surface area contributed by atoms with Gasteiger partial charge in [-0.15, -0.1) is 0 Å². The second-order valence-electron chi connectivity index (χ2n) is 5.82. The molecular formula is C16H17ClN4O4S. The topological polar surface area (TPSA) is 110 Å². The summed E-state index contributed by atoms with van der Waals surface area (Å²) in [6.07, 6.45) is 2.08. The van der Waals surface area contributed by atoms with Crippen molar-refractivity contribution in [3.05, 3.63) is 41.0 Å². The van der Waals surface area contributed by atoms with Crippen molar-refractivity contribution in [2.24, 2.45) is 0 Å². The number of halogens is 1. The summed E-state index contributed by atoms with van der Waals surface area (Å²) in [4.78, 5) is 20.1. The number of hydrogen-bond donors (Lipinski definition) is 2. The largest absolute Gasteiger partial charge is 0.465 e. The molecule has 1 atom stereocenters. The van der Waals surface area contributed by atoms with Crippen LogP contribution in [-0.4, -0.2) is 49.0 Å². The van der Waals surface area contributed by atoms with Gasteiger partial charge in [0.1, 0.15) is 5.82 Å². The number of anilines is 3. The van der Waals surface area contributed by atoms with Gasteiger partial charge in [-0.3, -0.25) is 0 Å². The van der Waals surface area contributed by atoms with Gasteiger partial charge in [-0.1, -0.05) is 11.6 Å². The van der Waals surface area contributed by atoms with Crippen molar-refractivity contribution < 1.29 is 17.9 Å². The summed E-state index contributed by atoms with van der Waals surface area (Å²) in [6.45, 7) is 0. The molecule has 8 nitrogen and oxygen atoms in total. The molecule has 0 bridgehead atoms. The molecule has 0 aliphatic carbocycles. The molecule has 1 aromatic heterocycles. The molecule has 0 spiro atoms. The number of esters is 1. The van der Waals surface area contributed by atoms with E-state index in [-0.39, 0.29) is 23.5 Å². The van der Waals surface area contributed by atoms with E-state index in [0.29, 0.717) is 28.5 Å². The maximum atomic E-state index is 11.6. The molecule has 3 rings (SSSR count). The number of nitrogens with one attached hydrogen (secondary N) is 2. The van der Waals surface area contributed by atoms with Crippen molar-refractivity contribution in [3.8, 4) is 0 Å². The summed E-state index contributed by atoms with van der Waals surface area (Å²) in [5.41, 5.74) is 0.792. The molecule has 1 aromatic carbocycles. The molecule has 2 heterocycles. The maximum Gasteiger partial charge on any atom is 0.337 e. The van der Waals surface area contributed by atoms with Crippen LogP contribution >= 0.6 is 11.6 Å². The minimum Gasteiger partial charge on any atom is -0.465 e. The molecule has 2 N–H and O–H groups in total. The van der Waals surface area contributed by atoms with Crippen LogP contribution in [-0.2, 0) is 14.6 Å². The lowest BCUT2D eigenvalue weighted by atomic mass is 10.2. The van der Waals surface area contributed by atoms with E-state index in [1.54, 1.807) is 30.5 Å². The average molecular weight is 397 g/mol. The molecule has 10 heteroatoms. The number of methoxy groups -OCH3 is 1. The minimum absolute atomic E-state index is 0.0900. The number of aromatic nitrogens is 2. The molecule has 2 aromatic rings. The van der Waals surface area contributed by atoms with Crippen molar-refractivity contribution >= 4 is 44.9 Å². The molecular weight excluding hydrogens is 380 g/mol. The highest BCUT2D eigenvalue weighted by molar-refractivity contribution is 7.91. The number of ether oxygens (including phenoxy) is 1. The second-order valence-corrected chi connectivity index (χ2v) is 8.46. The zero-order valence-corrected chi connectivity index (χ0v) is 15.5. The summed E-state index contributed by atoms with van der Waals surface area (Å²) < 4.78 is 27.8. The number of sulfone groups is 1. The standard InChI is InChI=1S/C16H17ClN4O4S/c1-25-15(22)10-2-3-12(17)13(8-10)20-16-18-6-4-14(21-16)19-11-5-7-26(23,24)9-11/h2-4,6,8,11H,5,7,9H2,1H3,(H2,18,19,20,21). The van der Waals surface area contributed by atoms with Crippen LogP contribution in [0.4, 0.5) is 17.5 Å². The zero-order chi connectivity index (χ0) is 18.7. The first kappa shape index (κ1) is 18.4. The first-order chi connectivity index (χ1) is 12.4. The Morgan fingerprint density at radius 1 is 1.35 bits per heavy atom. The van der Waals surface area contributed by atoms with E-state index in [0.717, 1.165) is 0 Å². The Kier molecular flexibility index (Phi) is 5.28. The van der Waals surface area contributed by atoms with E-state index in [1.807, 2.05) is 0 Å². The van der Waals surface area contributed by atoms with E-state index >= 15 is 0 Å². The lowest BCUT2D eigenvalue weighted by Gasteiger charge is -2.13. The van der Waals surface area contributed by atoms with Crippen LogP contribution in [0.3, 0.4) is 0 Å². The van der Waals surface area contributed by atoms with Gasteiger partial charge in [0.05, 0.1) is 34.9 Å². The fourth-order valence-electron chi connectivity index (χ4n) is 2.60. The van der Waals surface area contributed by atoms with Gasteiger partial charge in [0.15, 0.2) is 9.84 Å². The van der Waals surface area contributed by atoms with Gasteiger partial charge in [0, 0.05) is 12.2 Å². The number of benzene rings is 1. The van der Waals surface area contributed by atoms with Crippen LogP contribution in [0.15, 0.2) is 30.5 Å². The maximum absolute atomic E-state index is 11.6. The molecule has 1 aliphatic rings. The number of rotatable bonds is 5. The number of nitrogens with zero attached hydrogens (tertiary/aromatic N) is 2. The third kappa shape index (κ3) is 4.41. The van der Waals surface area contributed by atoms with Crippen LogP contribution < -0.4 is 10.6 Å². The van der Waals surface area contributed by atoms with E-state index in [9.17, 15) is 13.2 Å². The van der Waals surface area contributed by atoms with E-state index in [1.165, 1.54) is 7.11 Å². The third-order valence-corrected chi connectivity index (χ3v) is 5.97. The molecule has 0 amide bonds. The predicted octanol–water partition coefficient (Wildman–Crippen LogP) is 2.26. The highest BCUT2D eigenvalue weighted by Gasteiger charge is 2.27. The molecule has 0 saturated carbocycles. The van der Waals surface area contributed by atoms with E-state index < -0.39 is 15.8 Å². The number of carbonyl (C=O) groups is 1. The first-order valence-electron chi connectivity index (χ1n) is 7.81. The molecule has 26 heavy (non-hydrogen) atoms. The monoisotopic (exact) mass is 396 g/mol. The van der Waals surface area contributed by atoms with Gasteiger partial charge in [-0.2, -0.15) is 4.98 Å². The van der Waals surface area contributed by atoms with Crippen LogP contribution in [0.5, 0.6) is 0 Å². The van der Waals surface area contributed by atoms with Gasteiger partial charge in [-0.05, 0) is 30.7 Å². The third-order valence-electron chi connectivity index (χ3n) is 3.87. The van der Waals surface area contributed by atoms with Gasteiger partial charge < -0.3 is 15.4 Å². The van der Waals surface area contributed by atoms with E-state index in [4.69, 9.17) is 16.3 Å². The van der Waals surface area contributed by atoms with Crippen LogP contribution in [0, 0.1) is 0 Å². The normalized spacial score (nSPS) is 18.3. The van der Waals surface area contributed by atoms with Gasteiger partial charge in [0.25, 0.3) is 0 Å². The van der Waals surface area contributed by atoms with Crippen LogP contribution in [0.25, 0.3) is 0 Å². The second kappa shape index (κ2) is 7.46. The van der Waals surface area contributed by atoms with Crippen LogP contribution in [0.1, 0.15) is 16.8 Å². The first-order valence-corrected chi connectivity index (χ1v) is 10.0. The predicted molar refractivity (Wildman–Crippen MR) is 98.8 cm³/mol. The Balaban J connectivity index is 1.76. The fraction of sp³-hybridized carbons (Fsp3) is 0.312. The Bertz CT molecular complexity index is 936. The molecule has 1 fully saturated rings. The fourth-order valence-corrected chi connectivity index (χ4v) is 4.44. The lowest BCUT2D eigenvalue weighted by Crippen LogP contribution is -2.21. The van der Waals surface area contributed by atoms with Crippen molar-refractivity contribution in [1.29, 1.82) is 0 Å². The summed E-state index contributed by atoms with van der Waals surface area (Å²) >= 11 is 6.15. The van der Waals surface area contributed by atoms with Crippen molar-refractivity contribution in [2.45, 2.75) is 12.5 Å². The van der Waals surface area contributed by atoms with Crippen molar-refractivity contribution in [2.75, 3.05) is 29.2 Å². The average Bonchev–Trinajstić information content (AvgIpc) is 2.95. The highest BCUT2D eigenvalue weighted by atomic mass is 35.5. The van der Waals surface area contributed by atoms with Gasteiger partial charge >= 0.3 is 5.97 Å². The summed E-state index contributed by atoms with van der Waals surface area (Å²) in [5, 5.41) is 6.44.